The van der Waals surface area contributed by atoms with Crippen molar-refractivity contribution in [1.82, 2.24) is 5.32 Å². The summed E-state index contributed by atoms with van der Waals surface area (Å²) in [5, 5.41) is 11.8. The summed E-state index contributed by atoms with van der Waals surface area (Å²) in [4.78, 5) is 22.3. The highest BCUT2D eigenvalue weighted by molar-refractivity contribution is 6.24. The maximum Gasteiger partial charge on any atom is 0.273 e. The van der Waals surface area contributed by atoms with E-state index in [9.17, 15) is 14.7 Å². The minimum absolute atomic E-state index is 0.327. The van der Waals surface area contributed by atoms with E-state index in [0.717, 1.165) is 12.0 Å². The standard InChI is InChI=1S/C11H11NO3/c1-2-7-3-5-8(6-4-7)11(15)9(13)12-10(11)14/h3-6,15H,2H2,1H3,(H,12,13,14). The van der Waals surface area contributed by atoms with Crippen LogP contribution in [0.4, 0.5) is 0 Å². The van der Waals surface area contributed by atoms with Crippen LogP contribution in [0.3, 0.4) is 0 Å². The molecule has 1 heterocycles. The number of β-lactam (4-membered cyclic amide) rings is 2. The molecule has 2 rings (SSSR count). The maximum absolute atomic E-state index is 11.1. The van der Waals surface area contributed by atoms with Gasteiger partial charge < -0.3 is 5.11 Å². The Morgan fingerprint density at radius 3 is 2.13 bits per heavy atom. The second-order valence-corrected chi connectivity index (χ2v) is 3.54. The molecule has 1 aliphatic heterocycles. The number of imide groups is 1. The zero-order valence-corrected chi connectivity index (χ0v) is 8.28. The van der Waals surface area contributed by atoms with E-state index in [1.54, 1.807) is 24.3 Å². The van der Waals surface area contributed by atoms with E-state index in [4.69, 9.17) is 0 Å². The van der Waals surface area contributed by atoms with Crippen LogP contribution in [0, 0.1) is 0 Å². The summed E-state index contributed by atoms with van der Waals surface area (Å²) >= 11 is 0. The van der Waals surface area contributed by atoms with Crippen molar-refractivity contribution in [3.05, 3.63) is 35.4 Å². The Labute approximate surface area is 86.9 Å². The average molecular weight is 205 g/mol. The van der Waals surface area contributed by atoms with Gasteiger partial charge in [-0.2, -0.15) is 0 Å². The first-order valence-electron chi connectivity index (χ1n) is 4.76. The molecule has 0 radical (unpaired) electrons. The van der Waals surface area contributed by atoms with Crippen LogP contribution >= 0.6 is 0 Å². The Morgan fingerprint density at radius 2 is 1.73 bits per heavy atom. The number of carbonyl (C=O) groups excluding carboxylic acids is 2. The molecule has 2 N–H and O–H groups in total. The molecule has 4 nitrogen and oxygen atoms in total. The monoisotopic (exact) mass is 205 g/mol. The Hall–Kier alpha value is -1.68. The summed E-state index contributed by atoms with van der Waals surface area (Å²) < 4.78 is 0. The molecule has 1 aromatic carbocycles. The highest BCUT2D eigenvalue weighted by Crippen LogP contribution is 2.28. The van der Waals surface area contributed by atoms with Crippen LogP contribution in [0.1, 0.15) is 18.1 Å². The molecule has 78 valence electrons. The lowest BCUT2D eigenvalue weighted by molar-refractivity contribution is -0.170. The van der Waals surface area contributed by atoms with Gasteiger partial charge in [-0.1, -0.05) is 31.2 Å². The van der Waals surface area contributed by atoms with Crippen LogP contribution < -0.4 is 5.32 Å². The average Bonchev–Trinajstić information content (AvgIpc) is 2.28. The second-order valence-electron chi connectivity index (χ2n) is 3.54. The van der Waals surface area contributed by atoms with Crippen molar-refractivity contribution in [3.8, 4) is 0 Å². The van der Waals surface area contributed by atoms with Crippen molar-refractivity contribution in [3.63, 3.8) is 0 Å². The van der Waals surface area contributed by atoms with E-state index < -0.39 is 17.4 Å². The van der Waals surface area contributed by atoms with Gasteiger partial charge in [-0.05, 0) is 12.0 Å². The van der Waals surface area contributed by atoms with Crippen molar-refractivity contribution in [1.29, 1.82) is 0 Å². The molecule has 2 amide bonds. The molecule has 1 aromatic rings. The molecule has 0 bridgehead atoms. The summed E-state index contributed by atoms with van der Waals surface area (Å²) in [5.74, 6) is -1.31. The maximum atomic E-state index is 11.1. The molecule has 0 atom stereocenters. The van der Waals surface area contributed by atoms with Crippen LogP contribution in [0.25, 0.3) is 0 Å². The lowest BCUT2D eigenvalue weighted by atomic mass is 9.85. The van der Waals surface area contributed by atoms with Crippen LogP contribution in [0.5, 0.6) is 0 Å². The quantitative estimate of drug-likeness (QED) is 0.531. The fourth-order valence-corrected chi connectivity index (χ4v) is 1.57. The molecule has 4 heteroatoms. The molecule has 0 aromatic heterocycles. The predicted octanol–water partition coefficient (Wildman–Crippen LogP) is 0.0930. The van der Waals surface area contributed by atoms with E-state index in [-0.39, 0.29) is 0 Å². The predicted molar refractivity (Wildman–Crippen MR) is 52.9 cm³/mol. The molecule has 0 saturated carbocycles. The number of aliphatic hydroxyl groups is 1. The molecule has 0 spiro atoms. The number of amides is 2. The minimum Gasteiger partial charge on any atom is -0.368 e. The van der Waals surface area contributed by atoms with E-state index in [1.807, 2.05) is 12.2 Å². The first-order valence-corrected chi connectivity index (χ1v) is 4.76. The molecule has 0 aliphatic carbocycles. The normalized spacial score (nSPS) is 18.3. The first kappa shape index (κ1) is 9.86. The highest BCUT2D eigenvalue weighted by atomic mass is 16.3. The zero-order valence-electron chi connectivity index (χ0n) is 8.28. The van der Waals surface area contributed by atoms with Gasteiger partial charge in [-0.15, -0.1) is 0 Å². The Bertz CT molecular complexity index is 408. The van der Waals surface area contributed by atoms with Crippen LogP contribution in [0.2, 0.25) is 0 Å². The largest absolute Gasteiger partial charge is 0.368 e. The van der Waals surface area contributed by atoms with E-state index in [2.05, 4.69) is 0 Å². The third-order valence-corrected chi connectivity index (χ3v) is 2.66. The van der Waals surface area contributed by atoms with Gasteiger partial charge in [0, 0.05) is 5.56 Å². The third kappa shape index (κ3) is 1.26. The van der Waals surface area contributed by atoms with Gasteiger partial charge in [0.05, 0.1) is 0 Å². The molecule has 1 fully saturated rings. The Kier molecular flexibility index (Phi) is 2.08. The van der Waals surface area contributed by atoms with Crippen LogP contribution in [-0.2, 0) is 21.6 Å². The van der Waals surface area contributed by atoms with E-state index in [0.29, 0.717) is 5.56 Å². The number of hydrogen-bond donors (Lipinski definition) is 2. The number of rotatable bonds is 2. The van der Waals surface area contributed by atoms with E-state index in [1.165, 1.54) is 0 Å². The Morgan fingerprint density at radius 1 is 1.20 bits per heavy atom. The first-order chi connectivity index (χ1) is 7.09. The molecular weight excluding hydrogens is 194 g/mol. The molecular formula is C11H11NO3. The molecule has 1 aliphatic rings. The smallest absolute Gasteiger partial charge is 0.273 e. The second kappa shape index (κ2) is 3.17. The lowest BCUT2D eigenvalue weighted by Crippen LogP contribution is -2.67. The summed E-state index contributed by atoms with van der Waals surface area (Å²) in [7, 11) is 0. The van der Waals surface area contributed by atoms with Gasteiger partial charge in [0.25, 0.3) is 11.8 Å². The van der Waals surface area contributed by atoms with Crippen molar-refractivity contribution in [2.24, 2.45) is 0 Å². The van der Waals surface area contributed by atoms with Gasteiger partial charge >= 0.3 is 0 Å². The molecule has 1 saturated heterocycles. The molecule has 0 unspecified atom stereocenters. The minimum atomic E-state index is -1.97. The number of carbonyl (C=O) groups is 2. The SMILES string of the molecule is CCc1ccc(C2(O)C(=O)NC2=O)cc1. The van der Waals surface area contributed by atoms with Crippen molar-refractivity contribution in [2.45, 2.75) is 18.9 Å². The zero-order chi connectivity index (χ0) is 11.1. The van der Waals surface area contributed by atoms with Crippen molar-refractivity contribution >= 4 is 11.8 Å². The number of benzene rings is 1. The fraction of sp³-hybridized carbons (Fsp3) is 0.273. The van der Waals surface area contributed by atoms with Crippen molar-refractivity contribution < 1.29 is 14.7 Å². The Balaban J connectivity index is 2.37. The van der Waals surface area contributed by atoms with Crippen molar-refractivity contribution in [2.75, 3.05) is 0 Å². The number of aryl methyl sites for hydroxylation is 1. The van der Waals surface area contributed by atoms with Gasteiger partial charge in [0.2, 0.25) is 5.60 Å². The van der Waals surface area contributed by atoms with Crippen LogP contribution in [0.15, 0.2) is 24.3 Å². The van der Waals surface area contributed by atoms with Crippen LogP contribution in [-0.4, -0.2) is 16.9 Å². The molecule has 15 heavy (non-hydrogen) atoms. The summed E-state index contributed by atoms with van der Waals surface area (Å²) in [6, 6.07) is 6.81. The fourth-order valence-electron chi connectivity index (χ4n) is 1.57. The highest BCUT2D eigenvalue weighted by Gasteiger charge is 2.55. The van der Waals surface area contributed by atoms with Gasteiger partial charge in [0.1, 0.15) is 0 Å². The van der Waals surface area contributed by atoms with E-state index >= 15 is 0 Å². The third-order valence-electron chi connectivity index (χ3n) is 2.66. The topological polar surface area (TPSA) is 66.4 Å². The number of nitrogens with one attached hydrogen (secondary N) is 1. The van der Waals surface area contributed by atoms with Gasteiger partial charge in [0.15, 0.2) is 0 Å². The summed E-state index contributed by atoms with van der Waals surface area (Å²) in [6.45, 7) is 2.00. The summed E-state index contributed by atoms with van der Waals surface area (Å²) in [5.41, 5.74) is -0.547. The summed E-state index contributed by atoms with van der Waals surface area (Å²) in [6.07, 6.45) is 0.874. The number of hydrogen-bond acceptors (Lipinski definition) is 3. The van der Waals surface area contributed by atoms with Gasteiger partial charge in [-0.3, -0.25) is 14.9 Å². The lowest BCUT2D eigenvalue weighted by Gasteiger charge is -2.33. The van der Waals surface area contributed by atoms with Gasteiger partial charge in [-0.25, -0.2) is 0 Å².